The first-order valence-corrected chi connectivity index (χ1v) is 10.3. The molecule has 0 aliphatic heterocycles. The quantitative estimate of drug-likeness (QED) is 0.543. The van der Waals surface area contributed by atoms with E-state index in [1.54, 1.807) is 37.7 Å². The van der Waals surface area contributed by atoms with Gasteiger partial charge in [0.15, 0.2) is 0 Å². The van der Waals surface area contributed by atoms with Crippen LogP contribution in [0.15, 0.2) is 48.8 Å². The summed E-state index contributed by atoms with van der Waals surface area (Å²) in [5.41, 5.74) is 2.73. The number of aromatic nitrogens is 3. The first-order valence-electron chi connectivity index (χ1n) is 10.3. The summed E-state index contributed by atoms with van der Waals surface area (Å²) < 4.78 is 10.3. The number of esters is 1. The van der Waals surface area contributed by atoms with E-state index in [2.05, 4.69) is 20.6 Å². The number of nitrogens with zero attached hydrogens (tertiary/aromatic N) is 3. The Kier molecular flexibility index (Phi) is 6.26. The van der Waals surface area contributed by atoms with Gasteiger partial charge in [-0.15, -0.1) is 0 Å². The van der Waals surface area contributed by atoms with Gasteiger partial charge in [0.05, 0.1) is 31.2 Å². The van der Waals surface area contributed by atoms with Gasteiger partial charge >= 0.3 is 5.97 Å². The van der Waals surface area contributed by atoms with E-state index in [4.69, 9.17) is 14.5 Å². The third-order valence-corrected chi connectivity index (χ3v) is 5.27. The molecular weight excluding hydrogens is 394 g/mol. The lowest BCUT2D eigenvalue weighted by atomic mass is 10.1. The molecule has 1 aliphatic rings. The number of benzene rings is 1. The molecule has 2 aromatic heterocycles. The summed E-state index contributed by atoms with van der Waals surface area (Å²) >= 11 is 0. The zero-order chi connectivity index (χ0) is 21.6. The van der Waals surface area contributed by atoms with Gasteiger partial charge < -0.3 is 20.1 Å². The maximum absolute atomic E-state index is 12.0. The van der Waals surface area contributed by atoms with Crippen molar-refractivity contribution in [1.29, 1.82) is 0 Å². The molecular formula is C23H25N5O3. The smallest absolute Gasteiger partial charge is 0.337 e. The number of ether oxygens (including phenoxy) is 2. The fourth-order valence-corrected chi connectivity index (χ4v) is 3.69. The van der Waals surface area contributed by atoms with E-state index in [0.29, 0.717) is 34.8 Å². The van der Waals surface area contributed by atoms with Crippen molar-refractivity contribution in [2.24, 2.45) is 0 Å². The van der Waals surface area contributed by atoms with Crippen LogP contribution in [0.4, 0.5) is 17.5 Å². The predicted octanol–water partition coefficient (Wildman–Crippen LogP) is 4.43. The summed E-state index contributed by atoms with van der Waals surface area (Å²) in [6.45, 7) is 0. The van der Waals surface area contributed by atoms with Crippen LogP contribution in [0.3, 0.4) is 0 Å². The highest BCUT2D eigenvalue weighted by atomic mass is 16.5. The van der Waals surface area contributed by atoms with Crippen molar-refractivity contribution in [1.82, 2.24) is 15.0 Å². The number of nitrogens with one attached hydrogen (secondary N) is 2. The molecule has 4 rings (SSSR count). The van der Waals surface area contributed by atoms with Crippen LogP contribution >= 0.6 is 0 Å². The lowest BCUT2D eigenvalue weighted by Crippen LogP contribution is -2.17. The molecule has 1 aliphatic carbocycles. The molecule has 0 bridgehead atoms. The molecule has 0 atom stereocenters. The second kappa shape index (κ2) is 9.42. The van der Waals surface area contributed by atoms with Crippen LogP contribution in [0.25, 0.3) is 11.3 Å². The van der Waals surface area contributed by atoms with Crippen molar-refractivity contribution in [2.45, 2.75) is 31.7 Å². The second-order valence-corrected chi connectivity index (χ2v) is 7.36. The Balaban J connectivity index is 1.70. The molecule has 0 spiro atoms. The van der Waals surface area contributed by atoms with Crippen LogP contribution in [-0.4, -0.2) is 41.2 Å². The summed E-state index contributed by atoms with van der Waals surface area (Å²) in [4.78, 5) is 25.4. The molecule has 8 nitrogen and oxygen atoms in total. The van der Waals surface area contributed by atoms with E-state index in [1.165, 1.54) is 20.0 Å². The van der Waals surface area contributed by atoms with Gasteiger partial charge in [-0.25, -0.2) is 9.78 Å². The first-order chi connectivity index (χ1) is 15.2. The molecule has 31 heavy (non-hydrogen) atoms. The molecule has 0 amide bonds. The highest BCUT2D eigenvalue weighted by molar-refractivity contribution is 5.91. The molecule has 0 radical (unpaired) electrons. The Bertz CT molecular complexity index is 1050. The molecule has 2 N–H and O–H groups in total. The Morgan fingerprint density at radius 3 is 2.52 bits per heavy atom. The Hall–Kier alpha value is -3.68. The number of rotatable bonds is 7. The number of hydrogen-bond acceptors (Lipinski definition) is 8. The summed E-state index contributed by atoms with van der Waals surface area (Å²) in [7, 11) is 2.93. The van der Waals surface area contributed by atoms with Gasteiger partial charge in [0.1, 0.15) is 11.6 Å². The molecule has 1 fully saturated rings. The lowest BCUT2D eigenvalue weighted by molar-refractivity contribution is 0.0600. The Labute approximate surface area is 181 Å². The van der Waals surface area contributed by atoms with Crippen LogP contribution in [0, 0.1) is 0 Å². The maximum Gasteiger partial charge on any atom is 0.337 e. The predicted molar refractivity (Wildman–Crippen MR) is 119 cm³/mol. The second-order valence-electron chi connectivity index (χ2n) is 7.36. The maximum atomic E-state index is 12.0. The zero-order valence-electron chi connectivity index (χ0n) is 17.6. The fourth-order valence-electron chi connectivity index (χ4n) is 3.69. The number of carbonyl (C=O) groups is 1. The van der Waals surface area contributed by atoms with Gasteiger partial charge in [-0.2, -0.15) is 4.98 Å². The monoisotopic (exact) mass is 419 g/mol. The lowest BCUT2D eigenvalue weighted by Gasteiger charge is -2.16. The number of anilines is 3. The normalized spacial score (nSPS) is 13.6. The van der Waals surface area contributed by atoms with Crippen LogP contribution in [0.2, 0.25) is 0 Å². The first kappa shape index (κ1) is 20.6. The molecule has 2 heterocycles. The molecule has 0 saturated heterocycles. The SMILES string of the molecule is COC(=O)c1ccc(OC)c(Nc2cc(-c3ccncc3)nc(NC3CCCC3)n2)c1. The van der Waals surface area contributed by atoms with Gasteiger partial charge in [0.25, 0.3) is 0 Å². The van der Waals surface area contributed by atoms with Crippen molar-refractivity contribution in [3.8, 4) is 17.0 Å². The molecule has 1 saturated carbocycles. The topological polar surface area (TPSA) is 98.3 Å². The Morgan fingerprint density at radius 2 is 1.81 bits per heavy atom. The van der Waals surface area contributed by atoms with Gasteiger partial charge in [-0.05, 0) is 43.2 Å². The van der Waals surface area contributed by atoms with E-state index < -0.39 is 5.97 Å². The zero-order valence-corrected chi connectivity index (χ0v) is 17.6. The standard InChI is InChI=1S/C23H25N5O3/c1-30-20-8-7-16(22(29)31-2)13-19(20)26-21-14-18(15-9-11-24-12-10-15)27-23(28-21)25-17-5-3-4-6-17/h7-14,17H,3-6H2,1-2H3,(H2,25,26,27,28). The van der Waals surface area contributed by atoms with E-state index in [-0.39, 0.29) is 0 Å². The molecule has 3 aromatic rings. The molecule has 1 aromatic carbocycles. The van der Waals surface area contributed by atoms with Crippen molar-refractivity contribution in [3.05, 3.63) is 54.4 Å². The van der Waals surface area contributed by atoms with E-state index in [1.807, 2.05) is 18.2 Å². The third-order valence-electron chi connectivity index (χ3n) is 5.27. The molecule has 160 valence electrons. The minimum atomic E-state index is -0.422. The van der Waals surface area contributed by atoms with Crippen LogP contribution in [-0.2, 0) is 4.74 Å². The Morgan fingerprint density at radius 1 is 1.03 bits per heavy atom. The van der Waals surface area contributed by atoms with Gasteiger partial charge in [0, 0.05) is 30.1 Å². The highest BCUT2D eigenvalue weighted by Gasteiger charge is 2.18. The summed E-state index contributed by atoms with van der Waals surface area (Å²) in [6.07, 6.45) is 8.12. The largest absolute Gasteiger partial charge is 0.495 e. The van der Waals surface area contributed by atoms with E-state index >= 15 is 0 Å². The van der Waals surface area contributed by atoms with Crippen molar-refractivity contribution in [3.63, 3.8) is 0 Å². The highest BCUT2D eigenvalue weighted by Crippen LogP contribution is 2.31. The minimum Gasteiger partial charge on any atom is -0.495 e. The van der Waals surface area contributed by atoms with Crippen LogP contribution in [0.1, 0.15) is 36.0 Å². The molecule has 8 heteroatoms. The number of carbonyl (C=O) groups excluding carboxylic acids is 1. The summed E-state index contributed by atoms with van der Waals surface area (Å²) in [5, 5.41) is 6.74. The average Bonchev–Trinajstić information content (AvgIpc) is 3.32. The van der Waals surface area contributed by atoms with Crippen LogP contribution < -0.4 is 15.4 Å². The third kappa shape index (κ3) is 4.91. The number of pyridine rings is 1. The van der Waals surface area contributed by atoms with Gasteiger partial charge in [-0.1, -0.05) is 12.8 Å². The van der Waals surface area contributed by atoms with Crippen LogP contribution in [0.5, 0.6) is 5.75 Å². The number of methoxy groups -OCH3 is 2. The van der Waals surface area contributed by atoms with Crippen molar-refractivity contribution >= 4 is 23.4 Å². The fraction of sp³-hybridized carbons (Fsp3) is 0.304. The average molecular weight is 419 g/mol. The van der Waals surface area contributed by atoms with Gasteiger partial charge in [0.2, 0.25) is 5.95 Å². The molecule has 0 unspecified atom stereocenters. The van der Waals surface area contributed by atoms with E-state index in [0.717, 1.165) is 24.1 Å². The van der Waals surface area contributed by atoms with Crippen molar-refractivity contribution < 1.29 is 14.3 Å². The van der Waals surface area contributed by atoms with E-state index in [9.17, 15) is 4.79 Å². The summed E-state index contributed by atoms with van der Waals surface area (Å²) in [5.74, 6) is 1.31. The minimum absolute atomic E-state index is 0.373. The van der Waals surface area contributed by atoms with Gasteiger partial charge in [-0.3, -0.25) is 4.98 Å². The summed E-state index contributed by atoms with van der Waals surface area (Å²) in [6, 6.07) is 11.1. The number of hydrogen-bond donors (Lipinski definition) is 2. The van der Waals surface area contributed by atoms with Crippen molar-refractivity contribution in [2.75, 3.05) is 24.9 Å².